The third kappa shape index (κ3) is 5.68. The zero-order chi connectivity index (χ0) is 19.1. The summed E-state index contributed by atoms with van der Waals surface area (Å²) in [5.41, 5.74) is 5.40. The first-order valence-corrected chi connectivity index (χ1v) is 8.15. The van der Waals surface area contributed by atoms with Crippen LogP contribution in [0.4, 0.5) is 0 Å². The van der Waals surface area contributed by atoms with E-state index >= 15 is 0 Å². The minimum Gasteiger partial charge on any atom is -0.480 e. The van der Waals surface area contributed by atoms with Crippen molar-refractivity contribution in [1.82, 2.24) is 15.5 Å². The minimum absolute atomic E-state index is 0.275. The molecule has 0 saturated carbocycles. The summed E-state index contributed by atoms with van der Waals surface area (Å²) < 4.78 is 0. The molecule has 3 atom stereocenters. The van der Waals surface area contributed by atoms with Crippen molar-refractivity contribution >= 4 is 23.7 Å². The second-order valence-corrected chi connectivity index (χ2v) is 6.32. The Hall–Kier alpha value is -2.20. The zero-order valence-corrected chi connectivity index (χ0v) is 14.4. The van der Waals surface area contributed by atoms with Crippen molar-refractivity contribution in [2.24, 2.45) is 11.7 Å². The van der Waals surface area contributed by atoms with Gasteiger partial charge >= 0.3 is 5.97 Å². The van der Waals surface area contributed by atoms with Gasteiger partial charge in [-0.2, -0.15) is 0 Å². The summed E-state index contributed by atoms with van der Waals surface area (Å²) in [6.45, 7) is 2.84. The van der Waals surface area contributed by atoms with Gasteiger partial charge in [0.15, 0.2) is 0 Å². The summed E-state index contributed by atoms with van der Waals surface area (Å²) >= 11 is 0. The fraction of sp³-hybridized carbons (Fsp3) is 0.733. The normalized spacial score (nSPS) is 19.4. The summed E-state index contributed by atoms with van der Waals surface area (Å²) in [5.74, 6) is -3.08. The number of aliphatic hydroxyl groups excluding tert-OH is 1. The van der Waals surface area contributed by atoms with Gasteiger partial charge in [0.2, 0.25) is 17.7 Å². The second kappa shape index (κ2) is 9.33. The van der Waals surface area contributed by atoms with Gasteiger partial charge in [-0.25, -0.2) is 4.79 Å². The molecule has 10 nitrogen and oxygen atoms in total. The number of nitrogens with one attached hydrogen (secondary N) is 2. The van der Waals surface area contributed by atoms with E-state index in [1.54, 1.807) is 13.8 Å². The first-order chi connectivity index (χ1) is 11.7. The van der Waals surface area contributed by atoms with E-state index in [0.717, 1.165) is 0 Å². The second-order valence-electron chi connectivity index (χ2n) is 6.32. The molecule has 1 rings (SSSR count). The highest BCUT2D eigenvalue weighted by molar-refractivity contribution is 5.92. The van der Waals surface area contributed by atoms with Gasteiger partial charge in [0.05, 0.1) is 13.2 Å². The average Bonchev–Trinajstić information content (AvgIpc) is 3.05. The number of nitrogens with two attached hydrogens (primary N) is 1. The van der Waals surface area contributed by atoms with Crippen LogP contribution in [0.25, 0.3) is 0 Å². The van der Waals surface area contributed by atoms with Crippen molar-refractivity contribution < 1.29 is 29.4 Å². The van der Waals surface area contributed by atoms with E-state index < -0.39 is 48.4 Å². The van der Waals surface area contributed by atoms with E-state index in [9.17, 15) is 19.2 Å². The maximum absolute atomic E-state index is 12.2. The third-order valence-electron chi connectivity index (χ3n) is 4.05. The molecule has 1 heterocycles. The van der Waals surface area contributed by atoms with Gasteiger partial charge in [0, 0.05) is 6.54 Å². The van der Waals surface area contributed by atoms with Crippen LogP contribution < -0.4 is 16.4 Å². The minimum atomic E-state index is -1.14. The van der Waals surface area contributed by atoms with Crippen molar-refractivity contribution in [2.75, 3.05) is 19.7 Å². The molecule has 0 aliphatic carbocycles. The number of hydrogen-bond donors (Lipinski definition) is 5. The lowest BCUT2D eigenvalue weighted by Crippen LogP contribution is -2.55. The fourth-order valence-electron chi connectivity index (χ4n) is 2.57. The molecular weight excluding hydrogens is 332 g/mol. The van der Waals surface area contributed by atoms with Crippen LogP contribution in [0, 0.1) is 5.92 Å². The number of rotatable bonds is 8. The number of aliphatic hydroxyl groups is 1. The van der Waals surface area contributed by atoms with Gasteiger partial charge in [-0.3, -0.25) is 14.4 Å². The molecule has 0 radical (unpaired) electrons. The van der Waals surface area contributed by atoms with Crippen molar-refractivity contribution in [3.8, 4) is 0 Å². The van der Waals surface area contributed by atoms with E-state index in [1.807, 2.05) is 0 Å². The lowest BCUT2D eigenvalue weighted by atomic mass is 10.0. The van der Waals surface area contributed by atoms with Crippen molar-refractivity contribution in [3.05, 3.63) is 0 Å². The van der Waals surface area contributed by atoms with Gasteiger partial charge in [0.25, 0.3) is 0 Å². The standard InChI is InChI=1S/C15H26N4O6/c1-8(2)12(18-13(22)9(16)7-20)14(23)17-6-11(21)19-5-3-4-10(19)15(24)25/h8-10,12,20H,3-7,16H2,1-2H3,(H,17,23)(H,18,22)(H,24,25). The Labute approximate surface area is 145 Å². The van der Waals surface area contributed by atoms with Crippen molar-refractivity contribution in [3.63, 3.8) is 0 Å². The molecule has 1 fully saturated rings. The molecule has 142 valence electrons. The highest BCUT2D eigenvalue weighted by Crippen LogP contribution is 2.17. The first-order valence-electron chi connectivity index (χ1n) is 8.15. The van der Waals surface area contributed by atoms with Gasteiger partial charge in [0.1, 0.15) is 18.1 Å². The lowest BCUT2D eigenvalue weighted by molar-refractivity contribution is -0.148. The Morgan fingerprint density at radius 2 is 1.88 bits per heavy atom. The van der Waals surface area contributed by atoms with E-state index in [1.165, 1.54) is 4.90 Å². The highest BCUT2D eigenvalue weighted by Gasteiger charge is 2.34. The number of nitrogens with zero attached hydrogens (tertiary/aromatic N) is 1. The monoisotopic (exact) mass is 358 g/mol. The lowest BCUT2D eigenvalue weighted by Gasteiger charge is -2.25. The van der Waals surface area contributed by atoms with Crippen LogP contribution in [0.5, 0.6) is 0 Å². The van der Waals surface area contributed by atoms with Crippen molar-refractivity contribution in [2.45, 2.75) is 44.8 Å². The van der Waals surface area contributed by atoms with Gasteiger partial charge in [-0.15, -0.1) is 0 Å². The van der Waals surface area contributed by atoms with E-state index in [2.05, 4.69) is 10.6 Å². The molecule has 3 amide bonds. The fourth-order valence-corrected chi connectivity index (χ4v) is 2.57. The number of carboxylic acids is 1. The van der Waals surface area contributed by atoms with Crippen LogP contribution in [-0.4, -0.2) is 76.6 Å². The highest BCUT2D eigenvalue weighted by atomic mass is 16.4. The van der Waals surface area contributed by atoms with Crippen LogP contribution in [-0.2, 0) is 19.2 Å². The number of carbonyl (C=O) groups is 4. The SMILES string of the molecule is CC(C)C(NC(=O)C(N)CO)C(=O)NCC(=O)N1CCCC1C(=O)O. The summed E-state index contributed by atoms with van der Waals surface area (Å²) in [4.78, 5) is 48.5. The third-order valence-corrected chi connectivity index (χ3v) is 4.05. The predicted molar refractivity (Wildman–Crippen MR) is 87.2 cm³/mol. The molecule has 1 saturated heterocycles. The van der Waals surface area contributed by atoms with Gasteiger partial charge < -0.3 is 31.5 Å². The quantitative estimate of drug-likeness (QED) is 0.324. The zero-order valence-electron chi connectivity index (χ0n) is 14.4. The summed E-state index contributed by atoms with van der Waals surface area (Å²) in [6, 6.07) is -2.93. The van der Waals surface area contributed by atoms with Crippen LogP contribution in [0.15, 0.2) is 0 Å². The summed E-state index contributed by atoms with van der Waals surface area (Å²) in [6.07, 6.45) is 0.985. The van der Waals surface area contributed by atoms with E-state index in [-0.39, 0.29) is 12.5 Å². The van der Waals surface area contributed by atoms with Gasteiger partial charge in [-0.1, -0.05) is 13.8 Å². The smallest absolute Gasteiger partial charge is 0.326 e. The number of carbonyl (C=O) groups excluding carboxylic acids is 3. The molecule has 3 unspecified atom stereocenters. The van der Waals surface area contributed by atoms with Crippen LogP contribution in [0.3, 0.4) is 0 Å². The van der Waals surface area contributed by atoms with Crippen molar-refractivity contribution in [1.29, 1.82) is 0 Å². The maximum Gasteiger partial charge on any atom is 0.326 e. The number of hydrogen-bond acceptors (Lipinski definition) is 6. The number of carboxylic acid groups (broad SMARTS) is 1. The van der Waals surface area contributed by atoms with Gasteiger partial charge in [-0.05, 0) is 18.8 Å². The maximum atomic E-state index is 12.2. The molecular formula is C15H26N4O6. The Bertz CT molecular complexity index is 524. The number of amides is 3. The Kier molecular flexibility index (Phi) is 7.78. The van der Waals surface area contributed by atoms with E-state index in [4.69, 9.17) is 15.9 Å². The topological polar surface area (TPSA) is 162 Å². The molecule has 0 bridgehead atoms. The first kappa shape index (κ1) is 20.8. The summed E-state index contributed by atoms with van der Waals surface area (Å²) in [5, 5.41) is 22.8. The molecule has 6 N–H and O–H groups in total. The molecule has 10 heteroatoms. The number of likely N-dealkylation sites (tertiary alicyclic amines) is 1. The largest absolute Gasteiger partial charge is 0.480 e. The molecule has 0 aromatic rings. The molecule has 0 aromatic carbocycles. The van der Waals surface area contributed by atoms with Crippen LogP contribution >= 0.6 is 0 Å². The molecule has 1 aliphatic rings. The Balaban J connectivity index is 2.61. The molecule has 25 heavy (non-hydrogen) atoms. The molecule has 1 aliphatic heterocycles. The molecule has 0 aromatic heterocycles. The average molecular weight is 358 g/mol. The Morgan fingerprint density at radius 1 is 1.24 bits per heavy atom. The molecule has 0 spiro atoms. The van der Waals surface area contributed by atoms with Crippen LogP contribution in [0.1, 0.15) is 26.7 Å². The Morgan fingerprint density at radius 3 is 2.40 bits per heavy atom. The summed E-state index contributed by atoms with van der Waals surface area (Å²) in [7, 11) is 0. The predicted octanol–water partition coefficient (Wildman–Crippen LogP) is -2.36. The van der Waals surface area contributed by atoms with Crippen LogP contribution in [0.2, 0.25) is 0 Å². The number of aliphatic carboxylic acids is 1. The van der Waals surface area contributed by atoms with E-state index in [0.29, 0.717) is 19.4 Å².